The first-order valence-corrected chi connectivity index (χ1v) is 9.14. The number of hydrogen-bond donors (Lipinski definition) is 0. The number of carbonyl (C=O) groups excluding carboxylic acids is 1. The van der Waals surface area contributed by atoms with Gasteiger partial charge in [0, 0.05) is 37.7 Å². The molecular formula is C18H25N5O. The predicted octanol–water partition coefficient (Wildman–Crippen LogP) is 2.21. The van der Waals surface area contributed by atoms with Crippen LogP contribution in [0.1, 0.15) is 49.0 Å². The first kappa shape index (κ1) is 15.6. The quantitative estimate of drug-likeness (QED) is 0.849. The Morgan fingerprint density at radius 1 is 1.08 bits per heavy atom. The van der Waals surface area contributed by atoms with Crippen LogP contribution in [-0.4, -0.2) is 62.3 Å². The second kappa shape index (κ2) is 6.89. The van der Waals surface area contributed by atoms with Crippen molar-refractivity contribution >= 4 is 11.7 Å². The molecule has 6 nitrogen and oxygen atoms in total. The van der Waals surface area contributed by atoms with Crippen molar-refractivity contribution in [2.75, 3.05) is 26.2 Å². The lowest BCUT2D eigenvalue weighted by molar-refractivity contribution is 0.0574. The molecule has 0 radical (unpaired) electrons. The zero-order valence-electron chi connectivity index (χ0n) is 14.1. The molecule has 0 aromatic carbocycles. The smallest absolute Gasteiger partial charge is 0.274 e. The molecular weight excluding hydrogens is 302 g/mol. The first-order valence-electron chi connectivity index (χ1n) is 9.14. The zero-order chi connectivity index (χ0) is 16.4. The minimum atomic E-state index is 0.0417. The number of amides is 1. The van der Waals surface area contributed by atoms with Gasteiger partial charge in [-0.1, -0.05) is 12.8 Å². The second-order valence-electron chi connectivity index (χ2n) is 6.95. The number of rotatable bonds is 2. The van der Waals surface area contributed by atoms with Gasteiger partial charge in [-0.3, -0.25) is 14.1 Å². The molecule has 0 spiro atoms. The Labute approximate surface area is 142 Å². The molecule has 2 saturated heterocycles. The normalized spacial score (nSPS) is 23.3. The molecule has 0 bridgehead atoms. The van der Waals surface area contributed by atoms with Crippen molar-refractivity contribution in [1.82, 2.24) is 24.2 Å². The summed E-state index contributed by atoms with van der Waals surface area (Å²) in [6.07, 6.45) is 12.9. The number of hydrogen-bond acceptors (Lipinski definition) is 4. The highest BCUT2D eigenvalue weighted by atomic mass is 16.2. The fraction of sp³-hybridized carbons (Fsp3) is 0.611. The molecule has 2 aromatic heterocycles. The molecule has 0 saturated carbocycles. The third-order valence-electron chi connectivity index (χ3n) is 5.30. The number of piperidine rings is 1. The SMILES string of the molecule is O=C(c1cn2cccnc2n1)N1CCC[C@H](N2CCCCCC2)C1. The van der Waals surface area contributed by atoms with E-state index in [2.05, 4.69) is 14.9 Å². The van der Waals surface area contributed by atoms with Crippen LogP contribution in [0.2, 0.25) is 0 Å². The maximum absolute atomic E-state index is 12.9. The molecule has 2 fully saturated rings. The van der Waals surface area contributed by atoms with E-state index < -0.39 is 0 Å². The van der Waals surface area contributed by atoms with Crippen LogP contribution in [0, 0.1) is 0 Å². The molecule has 2 aliphatic heterocycles. The van der Waals surface area contributed by atoms with Gasteiger partial charge in [0.05, 0.1) is 0 Å². The molecule has 24 heavy (non-hydrogen) atoms. The van der Waals surface area contributed by atoms with E-state index in [1.165, 1.54) is 45.2 Å². The maximum Gasteiger partial charge on any atom is 0.274 e. The summed E-state index contributed by atoms with van der Waals surface area (Å²) >= 11 is 0. The summed E-state index contributed by atoms with van der Waals surface area (Å²) in [5, 5.41) is 0. The minimum absolute atomic E-state index is 0.0417. The van der Waals surface area contributed by atoms with Crippen molar-refractivity contribution in [1.29, 1.82) is 0 Å². The van der Waals surface area contributed by atoms with Crippen LogP contribution in [-0.2, 0) is 0 Å². The summed E-state index contributed by atoms with van der Waals surface area (Å²) < 4.78 is 1.81. The molecule has 1 amide bonds. The Kier molecular flexibility index (Phi) is 4.47. The van der Waals surface area contributed by atoms with Gasteiger partial charge in [0.1, 0.15) is 5.69 Å². The van der Waals surface area contributed by atoms with Crippen molar-refractivity contribution in [3.63, 3.8) is 0 Å². The summed E-state index contributed by atoms with van der Waals surface area (Å²) in [5.41, 5.74) is 0.505. The largest absolute Gasteiger partial charge is 0.336 e. The van der Waals surface area contributed by atoms with E-state index in [1.807, 2.05) is 21.6 Å². The maximum atomic E-state index is 12.9. The number of nitrogens with zero attached hydrogens (tertiary/aromatic N) is 5. The van der Waals surface area contributed by atoms with E-state index in [1.54, 1.807) is 12.4 Å². The number of aromatic nitrogens is 3. The van der Waals surface area contributed by atoms with Crippen LogP contribution >= 0.6 is 0 Å². The third-order valence-corrected chi connectivity index (χ3v) is 5.30. The number of likely N-dealkylation sites (tertiary alicyclic amines) is 2. The highest BCUT2D eigenvalue weighted by Crippen LogP contribution is 2.21. The molecule has 2 aliphatic rings. The number of fused-ring (bicyclic) bond motifs is 1. The van der Waals surface area contributed by atoms with Crippen LogP contribution in [0.25, 0.3) is 5.78 Å². The average Bonchev–Trinajstić information content (AvgIpc) is 2.87. The highest BCUT2D eigenvalue weighted by Gasteiger charge is 2.29. The van der Waals surface area contributed by atoms with E-state index in [-0.39, 0.29) is 5.91 Å². The Balaban J connectivity index is 1.47. The number of carbonyl (C=O) groups is 1. The molecule has 4 rings (SSSR count). The molecule has 6 heteroatoms. The molecule has 0 unspecified atom stereocenters. The lowest BCUT2D eigenvalue weighted by Crippen LogP contribution is -2.50. The van der Waals surface area contributed by atoms with Crippen LogP contribution in [0.5, 0.6) is 0 Å². The summed E-state index contributed by atoms with van der Waals surface area (Å²) in [4.78, 5) is 26.1. The third kappa shape index (κ3) is 3.15. The van der Waals surface area contributed by atoms with E-state index in [0.717, 1.165) is 19.5 Å². The molecule has 0 aliphatic carbocycles. The molecule has 0 N–H and O–H groups in total. The molecule has 128 valence electrons. The van der Waals surface area contributed by atoms with Crippen LogP contribution in [0.3, 0.4) is 0 Å². The fourth-order valence-corrected chi connectivity index (χ4v) is 3.99. The van der Waals surface area contributed by atoms with E-state index in [4.69, 9.17) is 0 Å². The van der Waals surface area contributed by atoms with Gasteiger partial charge in [0.2, 0.25) is 5.78 Å². The standard InChI is InChI=1S/C18H25N5O/c24-17(16-14-23-12-6-8-19-18(23)20-16)22-11-5-7-15(13-22)21-9-3-1-2-4-10-21/h6,8,12,14-15H,1-5,7,9-11,13H2/t15-/m0/s1. The lowest BCUT2D eigenvalue weighted by Gasteiger charge is -2.38. The van der Waals surface area contributed by atoms with Crippen molar-refractivity contribution in [3.05, 3.63) is 30.4 Å². The monoisotopic (exact) mass is 327 g/mol. The lowest BCUT2D eigenvalue weighted by atomic mass is 10.0. The summed E-state index contributed by atoms with van der Waals surface area (Å²) in [5.74, 6) is 0.627. The minimum Gasteiger partial charge on any atom is -0.336 e. The van der Waals surface area contributed by atoms with Crippen LogP contribution < -0.4 is 0 Å². The molecule has 4 heterocycles. The van der Waals surface area contributed by atoms with Gasteiger partial charge in [-0.2, -0.15) is 0 Å². The van der Waals surface area contributed by atoms with Crippen LogP contribution in [0.4, 0.5) is 0 Å². The Hall–Kier alpha value is -1.95. The van der Waals surface area contributed by atoms with Crippen molar-refractivity contribution in [2.45, 2.75) is 44.6 Å². The van der Waals surface area contributed by atoms with Gasteiger partial charge in [-0.05, 0) is 44.8 Å². The summed E-state index contributed by atoms with van der Waals surface area (Å²) in [6, 6.07) is 2.36. The highest BCUT2D eigenvalue weighted by molar-refractivity contribution is 5.92. The van der Waals surface area contributed by atoms with Gasteiger partial charge in [-0.15, -0.1) is 0 Å². The average molecular weight is 327 g/mol. The topological polar surface area (TPSA) is 53.7 Å². The summed E-state index contributed by atoms with van der Waals surface area (Å²) in [6.45, 7) is 4.04. The number of imidazole rings is 1. The molecule has 1 atom stereocenters. The van der Waals surface area contributed by atoms with Gasteiger partial charge in [-0.25, -0.2) is 9.97 Å². The van der Waals surface area contributed by atoms with E-state index in [0.29, 0.717) is 17.5 Å². The van der Waals surface area contributed by atoms with E-state index in [9.17, 15) is 4.79 Å². The first-order chi connectivity index (χ1) is 11.8. The van der Waals surface area contributed by atoms with E-state index >= 15 is 0 Å². The zero-order valence-corrected chi connectivity index (χ0v) is 14.1. The summed E-state index contributed by atoms with van der Waals surface area (Å²) in [7, 11) is 0. The van der Waals surface area contributed by atoms with Gasteiger partial charge in [0.15, 0.2) is 0 Å². The van der Waals surface area contributed by atoms with Gasteiger partial charge in [0.25, 0.3) is 5.91 Å². The van der Waals surface area contributed by atoms with Crippen LogP contribution in [0.15, 0.2) is 24.7 Å². The van der Waals surface area contributed by atoms with Crippen molar-refractivity contribution in [3.8, 4) is 0 Å². The van der Waals surface area contributed by atoms with Gasteiger partial charge < -0.3 is 4.90 Å². The fourth-order valence-electron chi connectivity index (χ4n) is 3.99. The Morgan fingerprint density at radius 2 is 1.92 bits per heavy atom. The Morgan fingerprint density at radius 3 is 2.71 bits per heavy atom. The van der Waals surface area contributed by atoms with Gasteiger partial charge >= 0.3 is 0 Å². The second-order valence-corrected chi connectivity index (χ2v) is 6.95. The van der Waals surface area contributed by atoms with Crippen molar-refractivity contribution in [2.24, 2.45) is 0 Å². The predicted molar refractivity (Wildman–Crippen MR) is 92.0 cm³/mol. The van der Waals surface area contributed by atoms with Crippen molar-refractivity contribution < 1.29 is 4.79 Å². The Bertz CT molecular complexity index is 671. The molecule has 2 aromatic rings.